The van der Waals surface area contributed by atoms with E-state index in [0.717, 1.165) is 32.1 Å². The molecule has 1 aromatic carbocycles. The number of nitrogens with one attached hydrogen (secondary N) is 2. The molecule has 4 aliphatic rings. The molecule has 4 amide bonds. The highest BCUT2D eigenvalue weighted by Crippen LogP contribution is 2.48. The van der Waals surface area contributed by atoms with Crippen molar-refractivity contribution in [2.75, 3.05) is 13.7 Å². The van der Waals surface area contributed by atoms with Crippen LogP contribution in [0.2, 0.25) is 0 Å². The molecule has 5 atom stereocenters. The molecule has 2 N–H and O–H groups in total. The minimum atomic E-state index is -1.17. The zero-order chi connectivity index (χ0) is 33.2. The first-order valence-corrected chi connectivity index (χ1v) is 16.2. The lowest BCUT2D eigenvalue weighted by atomic mass is 10.0. The number of amides is 4. The average Bonchev–Trinajstić information content (AvgIpc) is 3.29. The molecule has 3 heterocycles. The number of methoxy groups -OCH3 is 1. The first kappa shape index (κ1) is 33.5. The Morgan fingerprint density at radius 1 is 1.04 bits per heavy atom. The lowest BCUT2D eigenvalue weighted by Gasteiger charge is -2.30. The Bertz CT molecular complexity index is 1370. The fourth-order valence-electron chi connectivity index (χ4n) is 6.90. The van der Waals surface area contributed by atoms with Crippen LogP contribution in [0, 0.1) is 11.7 Å². The van der Waals surface area contributed by atoms with E-state index in [-0.39, 0.29) is 32.0 Å². The van der Waals surface area contributed by atoms with Gasteiger partial charge in [0.15, 0.2) is 0 Å². The van der Waals surface area contributed by atoms with Crippen LogP contribution in [0.15, 0.2) is 18.2 Å². The molecule has 1 saturated carbocycles. The van der Waals surface area contributed by atoms with E-state index >= 15 is 0 Å². The van der Waals surface area contributed by atoms with Gasteiger partial charge in [0.05, 0.1) is 20.2 Å². The van der Waals surface area contributed by atoms with Crippen molar-refractivity contribution in [3.63, 3.8) is 0 Å². The van der Waals surface area contributed by atoms with Crippen LogP contribution in [0.4, 0.5) is 14.0 Å². The molecule has 3 fully saturated rings. The van der Waals surface area contributed by atoms with Crippen molar-refractivity contribution in [2.24, 2.45) is 5.92 Å². The Morgan fingerprint density at radius 2 is 1.76 bits per heavy atom. The molecule has 0 radical (unpaired) electrons. The van der Waals surface area contributed by atoms with Gasteiger partial charge in [-0.2, -0.15) is 0 Å². The smallest absolute Gasteiger partial charge is 0.410 e. The zero-order valence-electron chi connectivity index (χ0n) is 27.1. The summed E-state index contributed by atoms with van der Waals surface area (Å²) in [5, 5.41) is 5.60. The normalized spacial score (nSPS) is 28.5. The summed E-state index contributed by atoms with van der Waals surface area (Å²) in [6.07, 6.45) is 3.47. The van der Waals surface area contributed by atoms with Gasteiger partial charge < -0.3 is 29.7 Å². The summed E-state index contributed by atoms with van der Waals surface area (Å²) in [7, 11) is 1.28. The van der Waals surface area contributed by atoms with Gasteiger partial charge in [0.2, 0.25) is 11.8 Å². The van der Waals surface area contributed by atoms with Crippen LogP contribution in [0.3, 0.4) is 0 Å². The van der Waals surface area contributed by atoms with Gasteiger partial charge in [-0.05, 0) is 57.6 Å². The number of benzene rings is 1. The summed E-state index contributed by atoms with van der Waals surface area (Å²) in [6, 6.07) is 2.62. The summed E-state index contributed by atoms with van der Waals surface area (Å²) in [5.41, 5.74) is -0.844. The maximum Gasteiger partial charge on any atom is 0.410 e. The second kappa shape index (κ2) is 13.4. The molecule has 0 unspecified atom stereocenters. The van der Waals surface area contributed by atoms with Crippen LogP contribution in [0.5, 0.6) is 0 Å². The lowest BCUT2D eigenvalue weighted by molar-refractivity contribution is -0.148. The standard InChI is InChI=1S/C33H45FN4O8/c1-32(2,3)46-30(42)35-25-14-9-7-5-6-8-12-21-16-33(21,29(41)44-4)36-27(39)26-15-22(18-38(26)28(25)40)45-31(43)37-17-20-11-10-13-24(34)23(20)19-37/h10-11,13,21-22,25-26H,5-9,12,14-19H2,1-4H3,(H,35,42)(H,36,39)/t21-,22+,25-,26-,33+/m0/s1. The number of hydrogen-bond acceptors (Lipinski definition) is 8. The fraction of sp³-hybridized carbons (Fsp3) is 0.667. The van der Waals surface area contributed by atoms with Gasteiger partial charge >= 0.3 is 18.2 Å². The van der Waals surface area contributed by atoms with Crippen molar-refractivity contribution in [1.82, 2.24) is 20.4 Å². The highest BCUT2D eigenvalue weighted by molar-refractivity contribution is 5.96. The number of halogens is 1. The molecule has 1 aromatic rings. The Kier molecular flexibility index (Phi) is 9.78. The van der Waals surface area contributed by atoms with Gasteiger partial charge in [0.1, 0.15) is 35.1 Å². The van der Waals surface area contributed by atoms with Gasteiger partial charge in [-0.25, -0.2) is 18.8 Å². The Morgan fingerprint density at radius 3 is 2.46 bits per heavy atom. The van der Waals surface area contributed by atoms with E-state index < -0.39 is 65.1 Å². The fourth-order valence-corrected chi connectivity index (χ4v) is 6.90. The Balaban J connectivity index is 1.37. The first-order valence-electron chi connectivity index (χ1n) is 16.2. The van der Waals surface area contributed by atoms with E-state index in [2.05, 4.69) is 10.6 Å². The van der Waals surface area contributed by atoms with Crippen LogP contribution in [0.25, 0.3) is 0 Å². The Hall–Kier alpha value is -3.90. The number of ether oxygens (including phenoxy) is 3. The quantitative estimate of drug-likeness (QED) is 0.372. The SMILES string of the molecule is COC(=O)[C@@]12C[C@@H]1CCCCCCC[C@H](NC(=O)OC(C)(C)C)C(=O)N1C[C@H](OC(=O)N3Cc4cccc(F)c4C3)C[C@H]1C(=O)N2. The second-order valence-electron chi connectivity index (χ2n) is 13.9. The van der Waals surface area contributed by atoms with Gasteiger partial charge in [-0.3, -0.25) is 14.5 Å². The molecule has 13 heteroatoms. The highest BCUT2D eigenvalue weighted by Gasteiger charge is 2.62. The second-order valence-corrected chi connectivity index (χ2v) is 13.9. The van der Waals surface area contributed by atoms with Gasteiger partial charge in [-0.1, -0.05) is 44.2 Å². The average molecular weight is 645 g/mol. The molecule has 46 heavy (non-hydrogen) atoms. The topological polar surface area (TPSA) is 144 Å². The van der Waals surface area contributed by atoms with E-state index in [4.69, 9.17) is 14.2 Å². The van der Waals surface area contributed by atoms with Crippen molar-refractivity contribution in [1.29, 1.82) is 0 Å². The number of carbonyl (C=O) groups is 5. The molecule has 5 rings (SSSR count). The number of rotatable bonds is 3. The monoisotopic (exact) mass is 644 g/mol. The summed E-state index contributed by atoms with van der Waals surface area (Å²) < 4.78 is 30.6. The lowest BCUT2D eigenvalue weighted by Crippen LogP contribution is -2.56. The van der Waals surface area contributed by atoms with Gasteiger partial charge in [0, 0.05) is 18.5 Å². The number of alkyl carbamates (subject to hydrolysis) is 1. The van der Waals surface area contributed by atoms with E-state index in [1.807, 2.05) is 0 Å². The number of fused-ring (bicyclic) bond motifs is 3. The largest absolute Gasteiger partial charge is 0.467 e. The maximum atomic E-state index is 14.3. The maximum absolute atomic E-state index is 14.3. The third-order valence-electron chi connectivity index (χ3n) is 9.34. The number of nitrogens with zero attached hydrogens (tertiary/aromatic N) is 2. The van der Waals surface area contributed by atoms with Crippen LogP contribution >= 0.6 is 0 Å². The molecular formula is C33H45FN4O8. The van der Waals surface area contributed by atoms with Gasteiger partial charge in [0.25, 0.3) is 0 Å². The van der Waals surface area contributed by atoms with Gasteiger partial charge in [-0.15, -0.1) is 0 Å². The molecule has 0 aromatic heterocycles. The highest BCUT2D eigenvalue weighted by atomic mass is 19.1. The van der Waals surface area contributed by atoms with Crippen molar-refractivity contribution >= 4 is 30.0 Å². The zero-order valence-corrected chi connectivity index (χ0v) is 27.1. The molecule has 0 spiro atoms. The number of carbonyl (C=O) groups excluding carboxylic acids is 5. The summed E-state index contributed by atoms with van der Waals surface area (Å²) in [4.78, 5) is 69.7. The predicted molar refractivity (Wildman–Crippen MR) is 163 cm³/mol. The van der Waals surface area contributed by atoms with Crippen molar-refractivity contribution in [3.05, 3.63) is 35.1 Å². The van der Waals surface area contributed by atoms with E-state index in [9.17, 15) is 28.4 Å². The minimum absolute atomic E-state index is 0.0143. The van der Waals surface area contributed by atoms with Crippen LogP contribution < -0.4 is 10.6 Å². The molecule has 2 saturated heterocycles. The molecule has 3 aliphatic heterocycles. The molecule has 252 valence electrons. The van der Waals surface area contributed by atoms with Crippen LogP contribution in [0.1, 0.15) is 89.7 Å². The number of hydrogen-bond donors (Lipinski definition) is 2. The van der Waals surface area contributed by atoms with Crippen LogP contribution in [-0.2, 0) is 41.7 Å². The summed E-state index contributed by atoms with van der Waals surface area (Å²) >= 11 is 0. The van der Waals surface area contributed by atoms with Crippen LogP contribution in [-0.4, -0.2) is 82.8 Å². The Labute approximate surface area is 268 Å². The van der Waals surface area contributed by atoms with E-state index in [1.165, 1.54) is 23.0 Å². The molecule has 0 bridgehead atoms. The van der Waals surface area contributed by atoms with Crippen molar-refractivity contribution in [2.45, 2.75) is 121 Å². The third kappa shape index (κ3) is 7.39. The predicted octanol–water partition coefficient (Wildman–Crippen LogP) is 3.93. The molecular weight excluding hydrogens is 599 g/mol. The van der Waals surface area contributed by atoms with Crippen molar-refractivity contribution in [3.8, 4) is 0 Å². The molecule has 12 nitrogen and oxygen atoms in total. The van der Waals surface area contributed by atoms with Crippen molar-refractivity contribution < 1.29 is 42.6 Å². The third-order valence-corrected chi connectivity index (χ3v) is 9.34. The first-order chi connectivity index (χ1) is 21.8. The van der Waals surface area contributed by atoms with E-state index in [1.54, 1.807) is 32.9 Å². The molecule has 1 aliphatic carbocycles. The number of esters is 1. The summed E-state index contributed by atoms with van der Waals surface area (Å²) in [6.45, 7) is 5.29. The minimum Gasteiger partial charge on any atom is -0.467 e. The van der Waals surface area contributed by atoms with E-state index in [0.29, 0.717) is 30.4 Å². The summed E-state index contributed by atoms with van der Waals surface area (Å²) in [5.74, 6) is -2.06.